The predicted molar refractivity (Wildman–Crippen MR) is 78.5 cm³/mol. The lowest BCUT2D eigenvalue weighted by Gasteiger charge is -2.21. The van der Waals surface area contributed by atoms with E-state index >= 15 is 0 Å². The number of hydrogen-bond acceptors (Lipinski definition) is 2. The van der Waals surface area contributed by atoms with Gasteiger partial charge in [-0.3, -0.25) is 4.79 Å². The topological polar surface area (TPSA) is 46.3 Å². The summed E-state index contributed by atoms with van der Waals surface area (Å²) in [7, 11) is 0. The van der Waals surface area contributed by atoms with Gasteiger partial charge in [0.1, 0.15) is 0 Å². The highest BCUT2D eigenvalue weighted by molar-refractivity contribution is 6.35. The van der Waals surface area contributed by atoms with E-state index in [0.717, 1.165) is 18.5 Å². The van der Waals surface area contributed by atoms with Crippen molar-refractivity contribution in [2.24, 2.45) is 11.7 Å². The van der Waals surface area contributed by atoms with E-state index in [0.29, 0.717) is 28.9 Å². The minimum absolute atomic E-state index is 0.104. The van der Waals surface area contributed by atoms with Crippen molar-refractivity contribution in [3.05, 3.63) is 33.8 Å². The largest absolute Gasteiger partial charge is 0.339 e. The second kappa shape index (κ2) is 6.12. The summed E-state index contributed by atoms with van der Waals surface area (Å²) < 4.78 is 0. The molecule has 1 aliphatic heterocycles. The highest BCUT2D eigenvalue weighted by Crippen LogP contribution is 2.25. The van der Waals surface area contributed by atoms with Crippen LogP contribution in [0.2, 0.25) is 10.0 Å². The van der Waals surface area contributed by atoms with Crippen LogP contribution in [0.4, 0.5) is 0 Å². The number of likely N-dealkylation sites (tertiary alicyclic amines) is 1. The summed E-state index contributed by atoms with van der Waals surface area (Å²) in [5.41, 5.74) is 6.50. The van der Waals surface area contributed by atoms with Gasteiger partial charge in [-0.2, -0.15) is 0 Å². The molecule has 1 heterocycles. The van der Waals surface area contributed by atoms with Crippen molar-refractivity contribution in [3.63, 3.8) is 0 Å². The number of rotatable bonds is 3. The lowest BCUT2D eigenvalue weighted by molar-refractivity contribution is -0.131. The van der Waals surface area contributed by atoms with Crippen LogP contribution in [-0.2, 0) is 11.2 Å². The van der Waals surface area contributed by atoms with Gasteiger partial charge in [-0.1, -0.05) is 29.3 Å². The van der Waals surface area contributed by atoms with Crippen molar-refractivity contribution in [2.75, 3.05) is 13.1 Å². The van der Waals surface area contributed by atoms with Crippen molar-refractivity contribution >= 4 is 29.1 Å². The van der Waals surface area contributed by atoms with Crippen LogP contribution in [0.15, 0.2) is 18.2 Å². The van der Waals surface area contributed by atoms with Crippen LogP contribution in [0.25, 0.3) is 0 Å². The summed E-state index contributed by atoms with van der Waals surface area (Å²) in [4.78, 5) is 14.2. The fourth-order valence-electron chi connectivity index (χ4n) is 2.59. The van der Waals surface area contributed by atoms with E-state index in [9.17, 15) is 4.79 Å². The fraction of sp³-hybridized carbons (Fsp3) is 0.500. The number of amides is 1. The quantitative estimate of drug-likeness (QED) is 0.933. The smallest absolute Gasteiger partial charge is 0.227 e. The van der Waals surface area contributed by atoms with Gasteiger partial charge in [-0.25, -0.2) is 0 Å². The van der Waals surface area contributed by atoms with Crippen LogP contribution in [0, 0.1) is 5.92 Å². The van der Waals surface area contributed by atoms with Gasteiger partial charge in [0.2, 0.25) is 5.91 Å². The molecule has 1 aromatic carbocycles. The lowest BCUT2D eigenvalue weighted by atomic mass is 10.1. The molecule has 1 amide bonds. The maximum atomic E-state index is 12.3. The van der Waals surface area contributed by atoms with Gasteiger partial charge in [-0.15, -0.1) is 0 Å². The summed E-state index contributed by atoms with van der Waals surface area (Å²) in [5, 5.41) is 1.13. The summed E-state index contributed by atoms with van der Waals surface area (Å²) in [5.74, 6) is 0.521. The van der Waals surface area contributed by atoms with Crippen LogP contribution < -0.4 is 5.73 Å². The monoisotopic (exact) mass is 300 g/mol. The van der Waals surface area contributed by atoms with Crippen LogP contribution in [0.1, 0.15) is 18.9 Å². The van der Waals surface area contributed by atoms with Gasteiger partial charge in [-0.05, 0) is 43.5 Å². The molecule has 2 unspecified atom stereocenters. The molecule has 0 saturated carbocycles. The number of nitrogens with zero attached hydrogens (tertiary/aromatic N) is 1. The Bertz CT molecular complexity index is 479. The molecule has 1 fully saturated rings. The maximum absolute atomic E-state index is 12.3. The third-order valence-electron chi connectivity index (χ3n) is 3.67. The standard InChI is InChI=1S/C14H18Cl2N2O/c1-9-4-10(7-17)8-18(9)14(19)5-11-2-3-12(15)6-13(11)16/h2-3,6,9-10H,4-5,7-8,17H2,1H3. The van der Waals surface area contributed by atoms with Crippen molar-refractivity contribution in [1.82, 2.24) is 4.90 Å². The third kappa shape index (κ3) is 3.41. The lowest BCUT2D eigenvalue weighted by Crippen LogP contribution is -2.35. The van der Waals surface area contributed by atoms with Gasteiger partial charge in [0, 0.05) is 22.6 Å². The summed E-state index contributed by atoms with van der Waals surface area (Å²) in [6.45, 7) is 3.45. The predicted octanol–water partition coefficient (Wildman–Crippen LogP) is 2.73. The van der Waals surface area contributed by atoms with E-state index in [1.807, 2.05) is 11.0 Å². The van der Waals surface area contributed by atoms with Gasteiger partial charge in [0.05, 0.1) is 6.42 Å². The highest BCUT2D eigenvalue weighted by Gasteiger charge is 2.31. The molecule has 104 valence electrons. The van der Waals surface area contributed by atoms with E-state index in [4.69, 9.17) is 28.9 Å². The van der Waals surface area contributed by atoms with Crippen LogP contribution in [-0.4, -0.2) is 29.9 Å². The molecule has 0 aliphatic carbocycles. The first-order valence-electron chi connectivity index (χ1n) is 6.44. The first-order chi connectivity index (χ1) is 9.01. The Morgan fingerprint density at radius 2 is 2.21 bits per heavy atom. The number of hydrogen-bond donors (Lipinski definition) is 1. The Hall–Kier alpha value is -0.770. The minimum atomic E-state index is 0.104. The summed E-state index contributed by atoms with van der Waals surface area (Å²) in [6, 6.07) is 5.49. The maximum Gasteiger partial charge on any atom is 0.227 e. The van der Waals surface area contributed by atoms with E-state index in [2.05, 4.69) is 6.92 Å². The molecule has 5 heteroatoms. The Balaban J connectivity index is 2.05. The van der Waals surface area contributed by atoms with E-state index in [1.54, 1.807) is 12.1 Å². The van der Waals surface area contributed by atoms with Gasteiger partial charge >= 0.3 is 0 Å². The third-order valence-corrected chi connectivity index (χ3v) is 4.26. The van der Waals surface area contributed by atoms with Crippen LogP contribution in [0.3, 0.4) is 0 Å². The first-order valence-corrected chi connectivity index (χ1v) is 7.20. The van der Waals surface area contributed by atoms with Crippen molar-refractivity contribution < 1.29 is 4.79 Å². The van der Waals surface area contributed by atoms with E-state index in [1.165, 1.54) is 0 Å². The number of carbonyl (C=O) groups is 1. The molecule has 0 aromatic heterocycles. The highest BCUT2D eigenvalue weighted by atomic mass is 35.5. The Labute approximate surface area is 123 Å². The molecule has 1 saturated heterocycles. The zero-order valence-corrected chi connectivity index (χ0v) is 12.4. The Kier molecular flexibility index (Phi) is 4.71. The average molecular weight is 301 g/mol. The van der Waals surface area contributed by atoms with Gasteiger partial charge in [0.25, 0.3) is 0 Å². The Morgan fingerprint density at radius 1 is 1.47 bits per heavy atom. The molecular weight excluding hydrogens is 283 g/mol. The SMILES string of the molecule is CC1CC(CN)CN1C(=O)Cc1ccc(Cl)cc1Cl. The molecule has 1 aliphatic rings. The molecule has 19 heavy (non-hydrogen) atoms. The first kappa shape index (κ1) is 14.6. The number of halogens is 2. The second-order valence-corrected chi connectivity index (χ2v) is 5.99. The van der Waals surface area contributed by atoms with Gasteiger partial charge in [0.15, 0.2) is 0 Å². The zero-order valence-electron chi connectivity index (χ0n) is 10.9. The summed E-state index contributed by atoms with van der Waals surface area (Å²) >= 11 is 11.9. The molecule has 0 radical (unpaired) electrons. The number of benzene rings is 1. The van der Waals surface area contributed by atoms with Crippen molar-refractivity contribution in [3.8, 4) is 0 Å². The molecule has 2 N–H and O–H groups in total. The molecule has 0 spiro atoms. The number of carbonyl (C=O) groups excluding carboxylic acids is 1. The van der Waals surface area contributed by atoms with Gasteiger partial charge < -0.3 is 10.6 Å². The second-order valence-electron chi connectivity index (χ2n) is 5.15. The zero-order chi connectivity index (χ0) is 14.0. The number of nitrogens with two attached hydrogens (primary N) is 1. The minimum Gasteiger partial charge on any atom is -0.339 e. The average Bonchev–Trinajstić information content (AvgIpc) is 2.74. The molecule has 0 bridgehead atoms. The molecule has 2 rings (SSSR count). The normalized spacial score (nSPS) is 22.8. The molecule has 1 aromatic rings. The van der Waals surface area contributed by atoms with E-state index < -0.39 is 0 Å². The van der Waals surface area contributed by atoms with Crippen LogP contribution in [0.5, 0.6) is 0 Å². The molecular formula is C14H18Cl2N2O. The van der Waals surface area contributed by atoms with Crippen LogP contribution >= 0.6 is 23.2 Å². The molecule has 3 nitrogen and oxygen atoms in total. The van der Waals surface area contributed by atoms with Crippen molar-refractivity contribution in [2.45, 2.75) is 25.8 Å². The van der Waals surface area contributed by atoms with E-state index in [-0.39, 0.29) is 11.9 Å². The fourth-order valence-corrected chi connectivity index (χ4v) is 3.07. The molecule has 2 atom stereocenters. The van der Waals surface area contributed by atoms with Crippen molar-refractivity contribution in [1.29, 1.82) is 0 Å². The summed E-state index contributed by atoms with van der Waals surface area (Å²) in [6.07, 6.45) is 1.30. The Morgan fingerprint density at radius 3 is 2.79 bits per heavy atom.